The van der Waals surface area contributed by atoms with Crippen molar-refractivity contribution < 1.29 is 0 Å². The zero-order chi connectivity index (χ0) is 10.7. The highest BCUT2D eigenvalue weighted by atomic mass is 14.9. The van der Waals surface area contributed by atoms with Crippen molar-refractivity contribution in [3.05, 3.63) is 41.7 Å². The summed E-state index contributed by atoms with van der Waals surface area (Å²) in [5.41, 5.74) is 2.63. The lowest BCUT2D eigenvalue weighted by atomic mass is 10.0. The maximum Gasteiger partial charge on any atom is 0.0318 e. The Bertz CT molecular complexity index is 349. The van der Waals surface area contributed by atoms with Crippen molar-refractivity contribution in [3.8, 4) is 0 Å². The maximum atomic E-state index is 4.19. The number of aromatic nitrogens is 1. The first-order chi connectivity index (χ1) is 7.27. The van der Waals surface area contributed by atoms with Gasteiger partial charge in [-0.3, -0.25) is 4.98 Å². The Kier molecular flexibility index (Phi) is 3.17. The van der Waals surface area contributed by atoms with Crippen LogP contribution in [-0.2, 0) is 0 Å². The fourth-order valence-corrected chi connectivity index (χ4v) is 2.13. The smallest absolute Gasteiger partial charge is 0.0318 e. The van der Waals surface area contributed by atoms with Crippen LogP contribution in [0.4, 0.5) is 0 Å². The Morgan fingerprint density at radius 1 is 1.40 bits per heavy atom. The summed E-state index contributed by atoms with van der Waals surface area (Å²) in [5.74, 6) is 0. The van der Waals surface area contributed by atoms with Gasteiger partial charge in [0.2, 0.25) is 0 Å². The van der Waals surface area contributed by atoms with Gasteiger partial charge in [-0.1, -0.05) is 12.2 Å². The van der Waals surface area contributed by atoms with Gasteiger partial charge in [-0.05, 0) is 43.9 Å². The molecule has 1 aliphatic rings. The number of hydrogen-bond donors (Lipinski definition) is 1. The molecule has 1 aromatic heterocycles. The number of rotatable bonds is 3. The summed E-state index contributed by atoms with van der Waals surface area (Å²) in [6.07, 6.45) is 10.6. The first-order valence-corrected chi connectivity index (χ1v) is 5.59. The monoisotopic (exact) mass is 202 g/mol. The highest BCUT2D eigenvalue weighted by Crippen LogP contribution is 2.19. The molecular weight excluding hydrogens is 184 g/mol. The van der Waals surface area contributed by atoms with E-state index in [9.17, 15) is 0 Å². The maximum absolute atomic E-state index is 4.19. The van der Waals surface area contributed by atoms with Crippen LogP contribution in [0, 0.1) is 6.92 Å². The van der Waals surface area contributed by atoms with Crippen LogP contribution in [0.3, 0.4) is 0 Å². The van der Waals surface area contributed by atoms with Crippen molar-refractivity contribution in [3.63, 3.8) is 0 Å². The quantitative estimate of drug-likeness (QED) is 0.762. The molecule has 2 rings (SSSR count). The predicted molar refractivity (Wildman–Crippen MR) is 62.7 cm³/mol. The van der Waals surface area contributed by atoms with Crippen LogP contribution >= 0.6 is 0 Å². The fourth-order valence-electron chi connectivity index (χ4n) is 2.13. The molecule has 1 heterocycles. The summed E-state index contributed by atoms with van der Waals surface area (Å²) >= 11 is 0. The third-order valence-corrected chi connectivity index (χ3v) is 3.04. The van der Waals surface area contributed by atoms with E-state index in [1.807, 2.05) is 12.4 Å². The molecule has 0 saturated carbocycles. The molecule has 0 aliphatic heterocycles. The lowest BCUT2D eigenvalue weighted by molar-refractivity contribution is 0.469. The summed E-state index contributed by atoms with van der Waals surface area (Å²) in [6.45, 7) is 4.35. The van der Waals surface area contributed by atoms with Gasteiger partial charge in [0.05, 0.1) is 0 Å². The number of nitrogens with zero attached hydrogens (tertiary/aromatic N) is 1. The van der Waals surface area contributed by atoms with E-state index in [-0.39, 0.29) is 0 Å². The van der Waals surface area contributed by atoms with Crippen molar-refractivity contribution in [1.29, 1.82) is 0 Å². The second-order valence-electron chi connectivity index (χ2n) is 4.26. The number of pyridine rings is 1. The molecule has 15 heavy (non-hydrogen) atoms. The molecule has 0 saturated heterocycles. The highest BCUT2D eigenvalue weighted by Gasteiger charge is 2.15. The zero-order valence-corrected chi connectivity index (χ0v) is 9.40. The van der Waals surface area contributed by atoms with Gasteiger partial charge in [0.15, 0.2) is 0 Å². The van der Waals surface area contributed by atoms with Gasteiger partial charge >= 0.3 is 0 Å². The van der Waals surface area contributed by atoms with Gasteiger partial charge in [-0.25, -0.2) is 0 Å². The molecule has 1 unspecified atom stereocenters. The van der Waals surface area contributed by atoms with Crippen molar-refractivity contribution in [2.24, 2.45) is 0 Å². The largest absolute Gasteiger partial charge is 0.307 e. The van der Waals surface area contributed by atoms with E-state index in [4.69, 9.17) is 0 Å². The van der Waals surface area contributed by atoms with Crippen LogP contribution in [0.2, 0.25) is 0 Å². The van der Waals surface area contributed by atoms with Crippen molar-refractivity contribution in [2.45, 2.75) is 38.8 Å². The molecular formula is C13H18N2. The molecule has 0 fully saturated rings. The van der Waals surface area contributed by atoms with Crippen molar-refractivity contribution in [2.75, 3.05) is 0 Å². The van der Waals surface area contributed by atoms with Crippen molar-refractivity contribution in [1.82, 2.24) is 10.3 Å². The topological polar surface area (TPSA) is 24.9 Å². The van der Waals surface area contributed by atoms with Gasteiger partial charge < -0.3 is 5.32 Å². The fraction of sp³-hybridized carbons (Fsp3) is 0.462. The molecule has 0 spiro atoms. The first-order valence-electron chi connectivity index (χ1n) is 5.59. The average Bonchev–Trinajstić information content (AvgIpc) is 2.71. The van der Waals surface area contributed by atoms with E-state index in [1.165, 1.54) is 11.1 Å². The van der Waals surface area contributed by atoms with Crippen LogP contribution in [0.5, 0.6) is 0 Å². The first kappa shape index (κ1) is 10.4. The molecule has 2 nitrogen and oxygen atoms in total. The Hall–Kier alpha value is -1.15. The minimum absolute atomic E-state index is 0.392. The minimum Gasteiger partial charge on any atom is -0.307 e. The van der Waals surface area contributed by atoms with E-state index >= 15 is 0 Å². The molecule has 1 aliphatic carbocycles. The van der Waals surface area contributed by atoms with Gasteiger partial charge in [-0.15, -0.1) is 0 Å². The lowest BCUT2D eigenvalue weighted by Crippen LogP contribution is -2.29. The SMILES string of the molecule is Cc1ccncc1C(C)NC1CC=CC1. The predicted octanol–water partition coefficient (Wildman–Crippen LogP) is 2.76. The van der Waals surface area contributed by atoms with E-state index in [0.717, 1.165) is 12.8 Å². The number of aryl methyl sites for hydroxylation is 1. The van der Waals surface area contributed by atoms with Crippen LogP contribution in [-0.4, -0.2) is 11.0 Å². The van der Waals surface area contributed by atoms with Crippen LogP contribution < -0.4 is 5.32 Å². The number of hydrogen-bond acceptors (Lipinski definition) is 2. The second kappa shape index (κ2) is 4.58. The molecule has 80 valence electrons. The number of nitrogens with one attached hydrogen (secondary N) is 1. The standard InChI is InChI=1S/C13H18N2/c1-10-7-8-14-9-13(10)11(2)15-12-5-3-4-6-12/h3-4,7-9,11-12,15H,5-6H2,1-2H3. The minimum atomic E-state index is 0.392. The summed E-state index contributed by atoms with van der Waals surface area (Å²) in [6, 6.07) is 3.07. The molecule has 2 heteroatoms. The highest BCUT2D eigenvalue weighted by molar-refractivity contribution is 5.24. The molecule has 1 N–H and O–H groups in total. The summed E-state index contributed by atoms with van der Waals surface area (Å²) in [5, 5.41) is 3.63. The summed E-state index contributed by atoms with van der Waals surface area (Å²) in [7, 11) is 0. The molecule has 0 radical (unpaired) electrons. The van der Waals surface area contributed by atoms with Crippen LogP contribution in [0.15, 0.2) is 30.6 Å². The Labute approximate surface area is 91.4 Å². The molecule has 0 bridgehead atoms. The van der Waals surface area contributed by atoms with Gasteiger partial charge in [-0.2, -0.15) is 0 Å². The van der Waals surface area contributed by atoms with Gasteiger partial charge in [0, 0.05) is 24.5 Å². The normalized spacial score (nSPS) is 18.3. The van der Waals surface area contributed by atoms with Gasteiger partial charge in [0.25, 0.3) is 0 Å². The summed E-state index contributed by atoms with van der Waals surface area (Å²) in [4.78, 5) is 4.19. The van der Waals surface area contributed by atoms with Gasteiger partial charge in [0.1, 0.15) is 0 Å². The molecule has 1 atom stereocenters. The Morgan fingerprint density at radius 2 is 2.13 bits per heavy atom. The van der Waals surface area contributed by atoms with Crippen LogP contribution in [0.25, 0.3) is 0 Å². The zero-order valence-electron chi connectivity index (χ0n) is 9.40. The molecule has 0 amide bonds. The third kappa shape index (κ3) is 2.45. The lowest BCUT2D eigenvalue weighted by Gasteiger charge is -2.20. The van der Waals surface area contributed by atoms with Crippen LogP contribution in [0.1, 0.15) is 36.9 Å². The Morgan fingerprint density at radius 3 is 2.80 bits per heavy atom. The third-order valence-electron chi connectivity index (χ3n) is 3.04. The molecule has 1 aromatic rings. The average molecular weight is 202 g/mol. The summed E-state index contributed by atoms with van der Waals surface area (Å²) < 4.78 is 0. The van der Waals surface area contributed by atoms with E-state index in [1.54, 1.807) is 0 Å². The van der Waals surface area contributed by atoms with E-state index in [0.29, 0.717) is 12.1 Å². The Balaban J connectivity index is 2.01. The van der Waals surface area contributed by atoms with E-state index < -0.39 is 0 Å². The van der Waals surface area contributed by atoms with Crippen molar-refractivity contribution >= 4 is 0 Å². The molecule has 0 aromatic carbocycles. The second-order valence-corrected chi connectivity index (χ2v) is 4.26. The van der Waals surface area contributed by atoms with E-state index in [2.05, 4.69) is 42.4 Å².